The number of rotatable bonds is 3. The number of benzene rings is 1. The highest BCUT2D eigenvalue weighted by Crippen LogP contribution is 2.50. The standard InChI is InChI=1S/C19H20N2O2/c22-17-3-1-16(2-4-17)19(8-9-19)18(23)21-12-7-15(13-21)14-5-10-20-11-6-14/h1-6,10-11,15,22H,7-9,12-13H2. The van der Waals surface area contributed by atoms with Crippen LogP contribution >= 0.6 is 0 Å². The van der Waals surface area contributed by atoms with Gasteiger partial charge in [0.15, 0.2) is 0 Å². The topological polar surface area (TPSA) is 53.4 Å². The van der Waals surface area contributed by atoms with Crippen molar-refractivity contribution in [1.29, 1.82) is 0 Å². The van der Waals surface area contributed by atoms with Crippen LogP contribution in [0.15, 0.2) is 48.8 Å². The fourth-order valence-electron chi connectivity index (χ4n) is 3.69. The molecule has 2 heterocycles. The predicted octanol–water partition coefficient (Wildman–Crippen LogP) is 2.83. The number of phenols is 1. The van der Waals surface area contributed by atoms with Gasteiger partial charge in [0.1, 0.15) is 5.75 Å². The summed E-state index contributed by atoms with van der Waals surface area (Å²) in [5.74, 6) is 0.910. The Labute approximate surface area is 135 Å². The van der Waals surface area contributed by atoms with Gasteiger partial charge in [-0.1, -0.05) is 12.1 Å². The van der Waals surface area contributed by atoms with Crippen LogP contribution in [0.3, 0.4) is 0 Å². The largest absolute Gasteiger partial charge is 0.508 e. The number of pyridine rings is 1. The van der Waals surface area contributed by atoms with Gasteiger partial charge in [-0.3, -0.25) is 9.78 Å². The maximum Gasteiger partial charge on any atom is 0.233 e. The predicted molar refractivity (Wildman–Crippen MR) is 87.2 cm³/mol. The zero-order valence-corrected chi connectivity index (χ0v) is 13.0. The summed E-state index contributed by atoms with van der Waals surface area (Å²) in [6.45, 7) is 1.62. The molecular formula is C19H20N2O2. The number of hydrogen-bond donors (Lipinski definition) is 1. The molecule has 1 aliphatic carbocycles. The highest BCUT2D eigenvalue weighted by molar-refractivity contribution is 5.91. The Balaban J connectivity index is 1.51. The maximum absolute atomic E-state index is 13.0. The molecule has 1 aromatic heterocycles. The average molecular weight is 308 g/mol. The van der Waals surface area contributed by atoms with E-state index in [1.54, 1.807) is 12.1 Å². The van der Waals surface area contributed by atoms with E-state index in [9.17, 15) is 9.90 Å². The molecule has 23 heavy (non-hydrogen) atoms. The molecule has 1 N–H and O–H groups in total. The van der Waals surface area contributed by atoms with Crippen molar-refractivity contribution in [2.45, 2.75) is 30.6 Å². The summed E-state index contributed by atoms with van der Waals surface area (Å²) in [5, 5.41) is 9.45. The third kappa shape index (κ3) is 2.48. The minimum atomic E-state index is -0.346. The van der Waals surface area contributed by atoms with Crippen molar-refractivity contribution in [3.63, 3.8) is 0 Å². The van der Waals surface area contributed by atoms with E-state index in [2.05, 4.69) is 4.98 Å². The molecule has 1 aliphatic heterocycles. The highest BCUT2D eigenvalue weighted by Gasteiger charge is 2.53. The van der Waals surface area contributed by atoms with E-state index in [0.717, 1.165) is 37.9 Å². The Morgan fingerprint density at radius 2 is 1.83 bits per heavy atom. The molecule has 1 saturated heterocycles. The zero-order valence-electron chi connectivity index (χ0n) is 13.0. The minimum Gasteiger partial charge on any atom is -0.508 e. The number of aromatic nitrogens is 1. The fraction of sp³-hybridized carbons (Fsp3) is 0.368. The van der Waals surface area contributed by atoms with Crippen LogP contribution in [0.5, 0.6) is 5.75 Å². The Morgan fingerprint density at radius 1 is 1.13 bits per heavy atom. The molecule has 0 radical (unpaired) electrons. The lowest BCUT2D eigenvalue weighted by Gasteiger charge is -2.24. The van der Waals surface area contributed by atoms with Gasteiger partial charge >= 0.3 is 0 Å². The van der Waals surface area contributed by atoms with Crippen LogP contribution in [0, 0.1) is 0 Å². The number of phenolic OH excluding ortho intramolecular Hbond substituents is 1. The van der Waals surface area contributed by atoms with Crippen molar-refractivity contribution in [1.82, 2.24) is 9.88 Å². The summed E-state index contributed by atoms with van der Waals surface area (Å²) in [6, 6.07) is 11.2. The van der Waals surface area contributed by atoms with Gasteiger partial charge in [0, 0.05) is 31.4 Å². The summed E-state index contributed by atoms with van der Waals surface area (Å²) < 4.78 is 0. The molecule has 4 nitrogen and oxygen atoms in total. The van der Waals surface area contributed by atoms with E-state index >= 15 is 0 Å². The molecule has 4 rings (SSSR count). The number of hydrogen-bond acceptors (Lipinski definition) is 3. The summed E-state index contributed by atoms with van der Waals surface area (Å²) in [4.78, 5) is 19.1. The van der Waals surface area contributed by atoms with Crippen molar-refractivity contribution in [3.05, 3.63) is 59.9 Å². The fourth-order valence-corrected chi connectivity index (χ4v) is 3.69. The molecule has 118 valence electrons. The van der Waals surface area contributed by atoms with Crippen molar-refractivity contribution in [3.8, 4) is 5.75 Å². The summed E-state index contributed by atoms with van der Waals surface area (Å²) >= 11 is 0. The van der Waals surface area contributed by atoms with E-state index in [1.807, 2.05) is 41.6 Å². The number of carbonyl (C=O) groups is 1. The van der Waals surface area contributed by atoms with Crippen molar-refractivity contribution in [2.75, 3.05) is 13.1 Å². The second kappa shape index (κ2) is 5.37. The van der Waals surface area contributed by atoms with Gasteiger partial charge in [-0.25, -0.2) is 0 Å². The Hall–Kier alpha value is -2.36. The maximum atomic E-state index is 13.0. The Bertz CT molecular complexity index is 708. The molecule has 2 fully saturated rings. The lowest BCUT2D eigenvalue weighted by Crippen LogP contribution is -2.37. The van der Waals surface area contributed by atoms with E-state index in [0.29, 0.717) is 5.92 Å². The van der Waals surface area contributed by atoms with Crippen molar-refractivity contribution < 1.29 is 9.90 Å². The third-order valence-corrected chi connectivity index (χ3v) is 5.23. The van der Waals surface area contributed by atoms with E-state index in [4.69, 9.17) is 0 Å². The first kappa shape index (κ1) is 14.2. The number of aromatic hydroxyl groups is 1. The van der Waals surface area contributed by atoms with Crippen LogP contribution in [0.1, 0.15) is 36.3 Å². The summed E-state index contributed by atoms with van der Waals surface area (Å²) in [6.07, 6.45) is 6.47. The van der Waals surface area contributed by atoms with Gasteiger partial charge in [0.2, 0.25) is 5.91 Å². The molecule has 2 aliphatic rings. The molecule has 1 amide bonds. The van der Waals surface area contributed by atoms with Gasteiger partial charge in [-0.05, 0) is 54.7 Å². The number of nitrogens with zero attached hydrogens (tertiary/aromatic N) is 2. The van der Waals surface area contributed by atoms with E-state index < -0.39 is 0 Å². The van der Waals surface area contributed by atoms with E-state index in [1.165, 1.54) is 5.56 Å². The first-order valence-corrected chi connectivity index (χ1v) is 8.18. The molecule has 0 bridgehead atoms. The van der Waals surface area contributed by atoms with Gasteiger partial charge in [-0.15, -0.1) is 0 Å². The highest BCUT2D eigenvalue weighted by atomic mass is 16.3. The Kier molecular flexibility index (Phi) is 3.33. The molecule has 1 unspecified atom stereocenters. The molecule has 0 spiro atoms. The van der Waals surface area contributed by atoms with Gasteiger partial charge < -0.3 is 10.0 Å². The third-order valence-electron chi connectivity index (χ3n) is 5.23. The second-order valence-corrected chi connectivity index (χ2v) is 6.65. The molecule has 4 heteroatoms. The smallest absolute Gasteiger partial charge is 0.233 e. The van der Waals surface area contributed by atoms with Crippen molar-refractivity contribution in [2.24, 2.45) is 0 Å². The second-order valence-electron chi connectivity index (χ2n) is 6.65. The van der Waals surface area contributed by atoms with Crippen LogP contribution < -0.4 is 0 Å². The van der Waals surface area contributed by atoms with Crippen LogP contribution in [-0.2, 0) is 10.2 Å². The SMILES string of the molecule is O=C(N1CCC(c2ccncc2)C1)C1(c2ccc(O)cc2)CC1. The lowest BCUT2D eigenvalue weighted by atomic mass is 9.94. The first-order chi connectivity index (χ1) is 11.2. The van der Waals surface area contributed by atoms with E-state index in [-0.39, 0.29) is 17.1 Å². The molecule has 2 aromatic rings. The van der Waals surface area contributed by atoms with Gasteiger partial charge in [0.25, 0.3) is 0 Å². The minimum absolute atomic E-state index is 0.246. The molecule has 1 saturated carbocycles. The lowest BCUT2D eigenvalue weighted by molar-refractivity contribution is -0.132. The number of amides is 1. The van der Waals surface area contributed by atoms with Crippen LogP contribution in [-0.4, -0.2) is 34.0 Å². The van der Waals surface area contributed by atoms with Gasteiger partial charge in [-0.2, -0.15) is 0 Å². The number of likely N-dealkylation sites (tertiary alicyclic amines) is 1. The molecule has 1 atom stereocenters. The summed E-state index contributed by atoms with van der Waals surface area (Å²) in [5.41, 5.74) is 1.96. The zero-order chi connectivity index (χ0) is 15.9. The summed E-state index contributed by atoms with van der Waals surface area (Å²) in [7, 11) is 0. The quantitative estimate of drug-likeness (QED) is 0.948. The van der Waals surface area contributed by atoms with Crippen LogP contribution in [0.4, 0.5) is 0 Å². The van der Waals surface area contributed by atoms with Crippen LogP contribution in [0.25, 0.3) is 0 Å². The van der Waals surface area contributed by atoms with Crippen molar-refractivity contribution >= 4 is 5.91 Å². The first-order valence-electron chi connectivity index (χ1n) is 8.18. The van der Waals surface area contributed by atoms with Gasteiger partial charge in [0.05, 0.1) is 5.41 Å². The number of carbonyl (C=O) groups excluding carboxylic acids is 1. The molecular weight excluding hydrogens is 288 g/mol. The normalized spacial score (nSPS) is 22.1. The molecule has 1 aromatic carbocycles. The Morgan fingerprint density at radius 3 is 2.48 bits per heavy atom. The average Bonchev–Trinajstić information content (AvgIpc) is 3.25. The monoisotopic (exact) mass is 308 g/mol. The van der Waals surface area contributed by atoms with Crippen LogP contribution in [0.2, 0.25) is 0 Å².